The Morgan fingerprint density at radius 3 is 2.47 bits per heavy atom. The summed E-state index contributed by atoms with van der Waals surface area (Å²) in [6.07, 6.45) is 0.956. The topological polar surface area (TPSA) is 64.5 Å². The molecule has 0 aliphatic carbocycles. The molecule has 4 nitrogen and oxygen atoms in total. The number of ether oxygens (including phenoxy) is 1. The van der Waals surface area contributed by atoms with E-state index in [2.05, 4.69) is 37.9 Å². The Morgan fingerprint density at radius 1 is 1.26 bits per heavy atom. The van der Waals surface area contributed by atoms with Crippen molar-refractivity contribution in [2.45, 2.75) is 26.3 Å². The van der Waals surface area contributed by atoms with Crippen LogP contribution in [0.2, 0.25) is 0 Å². The van der Waals surface area contributed by atoms with Crippen molar-refractivity contribution in [3.63, 3.8) is 0 Å². The molecule has 1 atom stereocenters. The summed E-state index contributed by atoms with van der Waals surface area (Å²) < 4.78 is 5.45. The first-order valence-corrected chi connectivity index (χ1v) is 6.76. The summed E-state index contributed by atoms with van der Waals surface area (Å²) in [4.78, 5) is 2.21. The van der Waals surface area contributed by atoms with Gasteiger partial charge in [-0.05, 0) is 50.1 Å². The maximum atomic E-state index is 5.85. The first-order chi connectivity index (χ1) is 8.97. The third-order valence-electron chi connectivity index (χ3n) is 3.51. The highest BCUT2D eigenvalue weighted by Crippen LogP contribution is 2.23. The third-order valence-corrected chi connectivity index (χ3v) is 3.51. The lowest BCUT2D eigenvalue weighted by molar-refractivity contribution is 0.314. The molecule has 0 aliphatic heterocycles. The molecule has 0 saturated carbocycles. The molecule has 0 fully saturated rings. The van der Waals surface area contributed by atoms with Gasteiger partial charge in [-0.2, -0.15) is 0 Å². The van der Waals surface area contributed by atoms with Crippen molar-refractivity contribution < 1.29 is 4.74 Å². The molecule has 4 N–H and O–H groups in total. The van der Waals surface area contributed by atoms with Gasteiger partial charge in [0.05, 0.1) is 7.11 Å². The van der Waals surface area contributed by atoms with E-state index in [0.717, 1.165) is 25.3 Å². The number of aryl methyl sites for hydroxylation is 2. The van der Waals surface area contributed by atoms with Gasteiger partial charge < -0.3 is 21.1 Å². The molecule has 1 rings (SSSR count). The van der Waals surface area contributed by atoms with E-state index in [-0.39, 0.29) is 6.04 Å². The Bertz CT molecular complexity index is 407. The van der Waals surface area contributed by atoms with Crippen LogP contribution in [0.1, 0.15) is 16.7 Å². The summed E-state index contributed by atoms with van der Waals surface area (Å²) in [5, 5.41) is 0. The van der Waals surface area contributed by atoms with Gasteiger partial charge in [-0.15, -0.1) is 0 Å². The van der Waals surface area contributed by atoms with Crippen LogP contribution in [0, 0.1) is 13.8 Å². The summed E-state index contributed by atoms with van der Waals surface area (Å²) in [5.41, 5.74) is 15.2. The minimum Gasteiger partial charge on any atom is -0.496 e. The van der Waals surface area contributed by atoms with Crippen molar-refractivity contribution in [2.24, 2.45) is 11.5 Å². The Balaban J connectivity index is 2.64. The Kier molecular flexibility index (Phi) is 6.28. The van der Waals surface area contributed by atoms with Gasteiger partial charge >= 0.3 is 0 Å². The summed E-state index contributed by atoms with van der Waals surface area (Å²) in [7, 11) is 3.80. The van der Waals surface area contributed by atoms with Crippen LogP contribution >= 0.6 is 0 Å². The van der Waals surface area contributed by atoms with E-state index in [4.69, 9.17) is 16.2 Å². The summed E-state index contributed by atoms with van der Waals surface area (Å²) in [5.74, 6) is 0.972. The monoisotopic (exact) mass is 265 g/mol. The molecular formula is C15H27N3O. The molecule has 0 spiro atoms. The molecule has 0 amide bonds. The van der Waals surface area contributed by atoms with Crippen molar-refractivity contribution in [2.75, 3.05) is 33.8 Å². The molecule has 0 radical (unpaired) electrons. The van der Waals surface area contributed by atoms with Crippen LogP contribution in [0.5, 0.6) is 5.75 Å². The van der Waals surface area contributed by atoms with E-state index in [9.17, 15) is 0 Å². The highest BCUT2D eigenvalue weighted by Gasteiger charge is 2.09. The average Bonchev–Trinajstić information content (AvgIpc) is 2.39. The minimum atomic E-state index is 0.0478. The highest BCUT2D eigenvalue weighted by atomic mass is 16.5. The molecule has 1 aromatic rings. The van der Waals surface area contributed by atoms with Crippen molar-refractivity contribution in [3.05, 3.63) is 28.8 Å². The van der Waals surface area contributed by atoms with Gasteiger partial charge in [0.25, 0.3) is 0 Å². The molecule has 1 aromatic carbocycles. The quantitative estimate of drug-likeness (QED) is 0.774. The number of likely N-dealkylation sites (N-methyl/N-ethyl adjacent to an activating group) is 1. The van der Waals surface area contributed by atoms with E-state index < -0.39 is 0 Å². The lowest BCUT2D eigenvalue weighted by Crippen LogP contribution is -2.41. The van der Waals surface area contributed by atoms with Crippen LogP contribution in [-0.2, 0) is 6.42 Å². The first-order valence-electron chi connectivity index (χ1n) is 6.76. The number of nitrogens with two attached hydrogens (primary N) is 2. The third kappa shape index (κ3) is 4.82. The first kappa shape index (κ1) is 16.0. The Labute approximate surface area is 116 Å². The van der Waals surface area contributed by atoms with Gasteiger partial charge in [0.1, 0.15) is 5.75 Å². The normalized spacial score (nSPS) is 12.8. The molecular weight excluding hydrogens is 238 g/mol. The molecule has 1 unspecified atom stereocenters. The number of nitrogens with zero attached hydrogens (tertiary/aromatic N) is 1. The maximum Gasteiger partial charge on any atom is 0.122 e. The molecule has 0 bridgehead atoms. The molecule has 19 heavy (non-hydrogen) atoms. The van der Waals surface area contributed by atoms with Crippen LogP contribution in [0.4, 0.5) is 0 Å². The van der Waals surface area contributed by atoms with E-state index in [1.54, 1.807) is 7.11 Å². The highest BCUT2D eigenvalue weighted by molar-refractivity contribution is 5.41. The van der Waals surface area contributed by atoms with E-state index in [1.165, 1.54) is 16.7 Å². The summed E-state index contributed by atoms with van der Waals surface area (Å²) >= 11 is 0. The zero-order valence-corrected chi connectivity index (χ0v) is 12.6. The average molecular weight is 265 g/mol. The lowest BCUT2D eigenvalue weighted by atomic mass is 10.0. The van der Waals surface area contributed by atoms with Gasteiger partial charge in [0.15, 0.2) is 0 Å². The zero-order valence-electron chi connectivity index (χ0n) is 12.6. The number of hydrogen-bond donors (Lipinski definition) is 2. The number of methoxy groups -OCH3 is 1. The van der Waals surface area contributed by atoms with Crippen LogP contribution in [-0.4, -0.2) is 44.7 Å². The number of rotatable bonds is 7. The zero-order chi connectivity index (χ0) is 14.4. The van der Waals surface area contributed by atoms with Crippen molar-refractivity contribution in [3.8, 4) is 5.75 Å². The van der Waals surface area contributed by atoms with Gasteiger partial charge in [-0.1, -0.05) is 6.07 Å². The SMILES string of the molecule is COc1cc(C)c(C)cc1CCN(C)CC(N)CN. The fourth-order valence-corrected chi connectivity index (χ4v) is 2.11. The second-order valence-electron chi connectivity index (χ2n) is 5.26. The fraction of sp³-hybridized carbons (Fsp3) is 0.600. The lowest BCUT2D eigenvalue weighted by Gasteiger charge is -2.21. The fourth-order valence-electron chi connectivity index (χ4n) is 2.11. The molecule has 0 heterocycles. The van der Waals surface area contributed by atoms with Crippen molar-refractivity contribution in [1.29, 1.82) is 0 Å². The molecule has 0 aliphatic rings. The Hall–Kier alpha value is -1.10. The second kappa shape index (κ2) is 7.48. The van der Waals surface area contributed by atoms with Gasteiger partial charge in [0, 0.05) is 25.7 Å². The van der Waals surface area contributed by atoms with Gasteiger partial charge in [-0.3, -0.25) is 0 Å². The van der Waals surface area contributed by atoms with Gasteiger partial charge in [0.2, 0.25) is 0 Å². The number of benzene rings is 1. The smallest absolute Gasteiger partial charge is 0.122 e. The molecule has 4 heteroatoms. The number of hydrogen-bond acceptors (Lipinski definition) is 4. The molecule has 0 aromatic heterocycles. The van der Waals surface area contributed by atoms with Gasteiger partial charge in [-0.25, -0.2) is 0 Å². The summed E-state index contributed by atoms with van der Waals surface area (Å²) in [6.45, 7) is 6.54. The van der Waals surface area contributed by atoms with Crippen molar-refractivity contribution >= 4 is 0 Å². The maximum absolute atomic E-state index is 5.85. The molecule has 0 saturated heterocycles. The predicted octanol–water partition coefficient (Wildman–Crippen LogP) is 1.07. The summed E-state index contributed by atoms with van der Waals surface area (Å²) in [6, 6.07) is 4.37. The second-order valence-corrected chi connectivity index (χ2v) is 5.26. The van der Waals surface area contributed by atoms with Crippen molar-refractivity contribution in [1.82, 2.24) is 4.90 Å². The van der Waals surface area contributed by atoms with E-state index in [0.29, 0.717) is 6.54 Å². The van der Waals surface area contributed by atoms with Crippen LogP contribution < -0.4 is 16.2 Å². The van der Waals surface area contributed by atoms with E-state index >= 15 is 0 Å². The van der Waals surface area contributed by atoms with Crippen LogP contribution in [0.3, 0.4) is 0 Å². The van der Waals surface area contributed by atoms with E-state index in [1.807, 2.05) is 0 Å². The van der Waals surface area contributed by atoms with Crippen LogP contribution in [0.25, 0.3) is 0 Å². The molecule has 108 valence electrons. The van der Waals surface area contributed by atoms with Crippen LogP contribution in [0.15, 0.2) is 12.1 Å². The standard InChI is InChI=1S/C15H27N3O/c1-11-7-13(15(19-4)8-12(11)2)5-6-18(3)10-14(17)9-16/h7-8,14H,5-6,9-10,16-17H2,1-4H3. The largest absolute Gasteiger partial charge is 0.496 e. The minimum absolute atomic E-state index is 0.0478. The Morgan fingerprint density at radius 2 is 1.89 bits per heavy atom. The predicted molar refractivity (Wildman–Crippen MR) is 80.7 cm³/mol.